The quantitative estimate of drug-likeness (QED) is 0.409. The minimum absolute atomic E-state index is 0.403. The normalized spacial score (nSPS) is 12.5. The van der Waals surface area contributed by atoms with E-state index in [-0.39, 0.29) is 0 Å². The van der Waals surface area contributed by atoms with Gasteiger partial charge in [-0.3, -0.25) is 0 Å². The van der Waals surface area contributed by atoms with Crippen molar-refractivity contribution in [3.05, 3.63) is 25.3 Å². The predicted molar refractivity (Wildman–Crippen MR) is 45.1 cm³/mol. The van der Waals surface area contributed by atoms with Gasteiger partial charge >= 0.3 is 0 Å². The fraction of sp³-hybridized carbons (Fsp3) is 0.556. The number of hydrogen-bond acceptors (Lipinski definition) is 1. The molecule has 0 saturated heterocycles. The first-order chi connectivity index (χ1) is 5.31. The molecule has 1 atom stereocenters. The molecule has 0 spiro atoms. The average molecular weight is 158 g/mol. The monoisotopic (exact) mass is 158 g/mol. The first-order valence-electron chi connectivity index (χ1n) is 3.78. The van der Waals surface area contributed by atoms with Crippen molar-refractivity contribution in [3.63, 3.8) is 0 Å². The molecule has 0 N–H and O–H groups in total. The molecule has 0 saturated carbocycles. The van der Waals surface area contributed by atoms with Gasteiger partial charge in [0.2, 0.25) is 0 Å². The van der Waals surface area contributed by atoms with E-state index < -0.39 is 6.36 Å². The summed E-state index contributed by atoms with van der Waals surface area (Å²) in [5, 5.41) is 0. The van der Waals surface area contributed by atoms with Crippen LogP contribution in [0.5, 0.6) is 0 Å². The van der Waals surface area contributed by atoms with Crippen LogP contribution in [-0.4, -0.2) is 13.0 Å². The van der Waals surface area contributed by atoms with Crippen molar-refractivity contribution in [2.75, 3.05) is 6.61 Å². The van der Waals surface area contributed by atoms with Gasteiger partial charge in [0.25, 0.3) is 0 Å². The van der Waals surface area contributed by atoms with Crippen molar-refractivity contribution in [2.45, 2.75) is 25.6 Å². The van der Waals surface area contributed by atoms with E-state index in [1.54, 1.807) is 12.2 Å². The van der Waals surface area contributed by atoms with Crippen LogP contribution >= 0.6 is 0 Å². The third kappa shape index (κ3) is 7.26. The third-order valence-electron chi connectivity index (χ3n) is 1.22. The highest BCUT2D eigenvalue weighted by molar-refractivity contribution is 4.67. The lowest BCUT2D eigenvalue weighted by atomic mass is 10.3. The zero-order chi connectivity index (χ0) is 8.53. The van der Waals surface area contributed by atoms with Crippen LogP contribution in [0.2, 0.25) is 0 Å². The van der Waals surface area contributed by atoms with Gasteiger partial charge in [-0.05, 0) is 12.8 Å². The fourth-order valence-corrected chi connectivity index (χ4v) is 0.611. The molecule has 0 amide bonds. The molecule has 64 valence electrons. The van der Waals surface area contributed by atoms with Crippen molar-refractivity contribution >= 4 is 0 Å². The summed E-state index contributed by atoms with van der Waals surface area (Å²) in [6.45, 7) is 7.41. The molecule has 0 heterocycles. The number of rotatable bonds is 7. The summed E-state index contributed by atoms with van der Waals surface area (Å²) in [5.41, 5.74) is 0. The van der Waals surface area contributed by atoms with E-state index in [1.807, 2.05) is 0 Å². The van der Waals surface area contributed by atoms with Crippen LogP contribution in [0.15, 0.2) is 25.3 Å². The summed E-state index contributed by atoms with van der Waals surface area (Å²) in [6.07, 6.45) is 4.02. The Hall–Kier alpha value is -0.630. The molecular formula is C9H15FO. The Morgan fingerprint density at radius 2 is 1.91 bits per heavy atom. The highest BCUT2D eigenvalue weighted by atomic mass is 19.1. The summed E-state index contributed by atoms with van der Waals surface area (Å²) in [6, 6.07) is 0. The predicted octanol–water partition coefficient (Wildman–Crippen LogP) is 2.84. The summed E-state index contributed by atoms with van der Waals surface area (Å²) in [5.74, 6) is 0. The van der Waals surface area contributed by atoms with Gasteiger partial charge in [-0.1, -0.05) is 12.2 Å². The molecule has 0 aromatic heterocycles. The van der Waals surface area contributed by atoms with Crippen molar-refractivity contribution in [1.29, 1.82) is 0 Å². The molecule has 0 radical (unpaired) electrons. The SMILES string of the molecule is C=CCCOC(F)CCC=C. The number of ether oxygens (including phenoxy) is 1. The van der Waals surface area contributed by atoms with Gasteiger partial charge in [0.1, 0.15) is 0 Å². The molecule has 0 aliphatic rings. The maximum atomic E-state index is 12.6. The molecule has 0 rings (SSSR count). The Balaban J connectivity index is 3.14. The molecule has 0 bridgehead atoms. The van der Waals surface area contributed by atoms with Crippen molar-refractivity contribution in [2.24, 2.45) is 0 Å². The number of hydrogen-bond donors (Lipinski definition) is 0. The van der Waals surface area contributed by atoms with Crippen LogP contribution in [0.25, 0.3) is 0 Å². The van der Waals surface area contributed by atoms with E-state index in [0.717, 1.165) is 0 Å². The fourth-order valence-electron chi connectivity index (χ4n) is 0.611. The van der Waals surface area contributed by atoms with Crippen LogP contribution < -0.4 is 0 Å². The first-order valence-corrected chi connectivity index (χ1v) is 3.78. The van der Waals surface area contributed by atoms with Crippen molar-refractivity contribution < 1.29 is 9.13 Å². The molecule has 0 aliphatic carbocycles. The van der Waals surface area contributed by atoms with E-state index in [4.69, 9.17) is 4.74 Å². The molecule has 0 aromatic rings. The van der Waals surface area contributed by atoms with Crippen LogP contribution in [0.4, 0.5) is 4.39 Å². The smallest absolute Gasteiger partial charge is 0.199 e. The zero-order valence-corrected chi connectivity index (χ0v) is 6.76. The topological polar surface area (TPSA) is 9.23 Å². The maximum Gasteiger partial charge on any atom is 0.199 e. The van der Waals surface area contributed by atoms with Gasteiger partial charge in [-0.15, -0.1) is 13.2 Å². The first kappa shape index (κ1) is 10.4. The molecule has 1 unspecified atom stereocenters. The van der Waals surface area contributed by atoms with E-state index in [9.17, 15) is 4.39 Å². The molecule has 0 aromatic carbocycles. The summed E-state index contributed by atoms with van der Waals surface area (Å²) in [7, 11) is 0. The second-order valence-electron chi connectivity index (χ2n) is 2.22. The molecule has 2 heteroatoms. The summed E-state index contributed by atoms with van der Waals surface area (Å²) < 4.78 is 17.4. The van der Waals surface area contributed by atoms with Crippen LogP contribution in [0.1, 0.15) is 19.3 Å². The minimum atomic E-state index is -1.15. The summed E-state index contributed by atoms with van der Waals surface area (Å²) in [4.78, 5) is 0. The maximum absolute atomic E-state index is 12.6. The van der Waals surface area contributed by atoms with E-state index in [0.29, 0.717) is 25.9 Å². The Kier molecular flexibility index (Phi) is 7.05. The van der Waals surface area contributed by atoms with Crippen LogP contribution in [0, 0.1) is 0 Å². The molecule has 1 nitrogen and oxygen atoms in total. The van der Waals surface area contributed by atoms with Gasteiger partial charge in [-0.2, -0.15) is 0 Å². The van der Waals surface area contributed by atoms with Gasteiger partial charge in [0.15, 0.2) is 6.36 Å². The standard InChI is InChI=1S/C9H15FO/c1-3-5-7-9(10)11-8-6-4-2/h3-4,9H,1-2,5-8H2. The third-order valence-corrected chi connectivity index (χ3v) is 1.22. The zero-order valence-electron chi connectivity index (χ0n) is 6.76. The largest absolute Gasteiger partial charge is 0.348 e. The number of alkyl halides is 1. The highest BCUT2D eigenvalue weighted by Crippen LogP contribution is 2.04. The summed E-state index contributed by atoms with van der Waals surface area (Å²) >= 11 is 0. The van der Waals surface area contributed by atoms with Crippen molar-refractivity contribution in [1.82, 2.24) is 0 Å². The Morgan fingerprint density at radius 1 is 1.27 bits per heavy atom. The minimum Gasteiger partial charge on any atom is -0.348 e. The Bertz CT molecular complexity index is 112. The second kappa shape index (κ2) is 7.48. The van der Waals surface area contributed by atoms with Gasteiger partial charge in [0, 0.05) is 6.42 Å². The molecule has 11 heavy (non-hydrogen) atoms. The lowest BCUT2D eigenvalue weighted by molar-refractivity contribution is -0.0404. The highest BCUT2D eigenvalue weighted by Gasteiger charge is 2.02. The van der Waals surface area contributed by atoms with E-state index in [2.05, 4.69) is 13.2 Å². The lowest BCUT2D eigenvalue weighted by Crippen LogP contribution is -2.06. The Morgan fingerprint density at radius 3 is 2.45 bits per heavy atom. The van der Waals surface area contributed by atoms with Gasteiger partial charge in [-0.25, -0.2) is 4.39 Å². The molecule has 0 fully saturated rings. The lowest BCUT2D eigenvalue weighted by Gasteiger charge is -2.06. The second-order valence-corrected chi connectivity index (χ2v) is 2.22. The Labute approximate surface area is 67.6 Å². The molecular weight excluding hydrogens is 143 g/mol. The van der Waals surface area contributed by atoms with E-state index >= 15 is 0 Å². The van der Waals surface area contributed by atoms with Gasteiger partial charge < -0.3 is 4.74 Å². The number of halogens is 1. The van der Waals surface area contributed by atoms with Crippen LogP contribution in [-0.2, 0) is 4.74 Å². The van der Waals surface area contributed by atoms with Crippen LogP contribution in [0.3, 0.4) is 0 Å². The number of allylic oxidation sites excluding steroid dienone is 1. The van der Waals surface area contributed by atoms with E-state index in [1.165, 1.54) is 0 Å². The molecule has 0 aliphatic heterocycles. The van der Waals surface area contributed by atoms with Gasteiger partial charge in [0.05, 0.1) is 6.61 Å². The average Bonchev–Trinajstić information content (AvgIpc) is 2.01. The van der Waals surface area contributed by atoms with Crippen molar-refractivity contribution in [3.8, 4) is 0 Å².